The summed E-state index contributed by atoms with van der Waals surface area (Å²) >= 11 is 0. The van der Waals surface area contributed by atoms with E-state index in [0.717, 1.165) is 23.4 Å². The molecule has 0 bridgehead atoms. The Morgan fingerprint density at radius 1 is 1.35 bits per heavy atom. The molecule has 92 valence electrons. The lowest BCUT2D eigenvalue weighted by Crippen LogP contribution is -2.28. The molecule has 1 rings (SSSR count). The second-order valence-corrected chi connectivity index (χ2v) is 4.82. The van der Waals surface area contributed by atoms with Crippen LogP contribution in [0.2, 0.25) is 0 Å². The Kier molecular flexibility index (Phi) is 3.94. The van der Waals surface area contributed by atoms with Gasteiger partial charge in [0.05, 0.1) is 5.41 Å². The SMILES string of the molecule is C=C(C)CNc1ccc(C(C)(C)C(=O)O)cc1. The molecule has 0 aliphatic rings. The van der Waals surface area contributed by atoms with Crippen molar-refractivity contribution in [2.24, 2.45) is 0 Å². The van der Waals surface area contributed by atoms with E-state index in [9.17, 15) is 4.79 Å². The first-order chi connectivity index (χ1) is 7.84. The fourth-order valence-corrected chi connectivity index (χ4v) is 1.38. The van der Waals surface area contributed by atoms with Crippen molar-refractivity contribution in [1.82, 2.24) is 0 Å². The smallest absolute Gasteiger partial charge is 0.313 e. The number of benzene rings is 1. The third-order valence-corrected chi connectivity index (χ3v) is 2.74. The Balaban J connectivity index is 2.81. The molecule has 2 N–H and O–H groups in total. The molecule has 0 aromatic heterocycles. The number of hydrogen-bond acceptors (Lipinski definition) is 2. The average Bonchev–Trinajstić information content (AvgIpc) is 2.26. The summed E-state index contributed by atoms with van der Waals surface area (Å²) in [6.45, 7) is 9.89. The van der Waals surface area contributed by atoms with Crippen molar-refractivity contribution in [3.8, 4) is 0 Å². The molecule has 1 aromatic rings. The van der Waals surface area contributed by atoms with Crippen molar-refractivity contribution in [2.45, 2.75) is 26.2 Å². The number of rotatable bonds is 5. The molecule has 0 amide bonds. The monoisotopic (exact) mass is 233 g/mol. The van der Waals surface area contributed by atoms with E-state index in [-0.39, 0.29) is 0 Å². The van der Waals surface area contributed by atoms with Crippen LogP contribution in [0.3, 0.4) is 0 Å². The molecule has 0 aliphatic heterocycles. The topological polar surface area (TPSA) is 49.3 Å². The standard InChI is InChI=1S/C14H19NO2/c1-10(2)9-15-12-7-5-11(6-8-12)14(3,4)13(16)17/h5-8,15H,1,9H2,2-4H3,(H,16,17). The Morgan fingerprint density at radius 2 is 1.88 bits per heavy atom. The molecule has 0 heterocycles. The van der Waals surface area contributed by atoms with Crippen LogP contribution < -0.4 is 5.32 Å². The van der Waals surface area contributed by atoms with Crippen LogP contribution in [0.4, 0.5) is 5.69 Å². The minimum absolute atomic E-state index is 0.724. The van der Waals surface area contributed by atoms with E-state index in [1.54, 1.807) is 13.8 Å². The fourth-order valence-electron chi connectivity index (χ4n) is 1.38. The van der Waals surface area contributed by atoms with Gasteiger partial charge in [-0.1, -0.05) is 24.3 Å². The summed E-state index contributed by atoms with van der Waals surface area (Å²) in [5, 5.41) is 12.3. The van der Waals surface area contributed by atoms with Crippen LogP contribution in [-0.2, 0) is 10.2 Å². The number of carboxylic acid groups (broad SMARTS) is 1. The van der Waals surface area contributed by atoms with E-state index in [1.807, 2.05) is 31.2 Å². The van der Waals surface area contributed by atoms with Gasteiger partial charge in [-0.2, -0.15) is 0 Å². The van der Waals surface area contributed by atoms with E-state index < -0.39 is 11.4 Å². The summed E-state index contributed by atoms with van der Waals surface area (Å²) in [5.41, 5.74) is 1.97. The molecule has 0 spiro atoms. The van der Waals surface area contributed by atoms with Crippen molar-refractivity contribution in [2.75, 3.05) is 11.9 Å². The highest BCUT2D eigenvalue weighted by Gasteiger charge is 2.28. The van der Waals surface area contributed by atoms with Gasteiger partial charge in [0.25, 0.3) is 0 Å². The molecule has 0 fully saturated rings. The lowest BCUT2D eigenvalue weighted by molar-refractivity contribution is -0.142. The predicted molar refractivity (Wildman–Crippen MR) is 70.4 cm³/mol. The highest BCUT2D eigenvalue weighted by molar-refractivity contribution is 5.80. The van der Waals surface area contributed by atoms with Gasteiger partial charge in [-0.05, 0) is 38.5 Å². The highest BCUT2D eigenvalue weighted by Crippen LogP contribution is 2.24. The van der Waals surface area contributed by atoms with Gasteiger partial charge in [0.2, 0.25) is 0 Å². The molecule has 17 heavy (non-hydrogen) atoms. The first kappa shape index (κ1) is 13.3. The highest BCUT2D eigenvalue weighted by atomic mass is 16.4. The van der Waals surface area contributed by atoms with Gasteiger partial charge in [0, 0.05) is 12.2 Å². The fraction of sp³-hybridized carbons (Fsp3) is 0.357. The van der Waals surface area contributed by atoms with Crippen molar-refractivity contribution < 1.29 is 9.90 Å². The van der Waals surface area contributed by atoms with Crippen LogP contribution in [0.15, 0.2) is 36.4 Å². The maximum absolute atomic E-state index is 11.1. The van der Waals surface area contributed by atoms with Gasteiger partial charge in [0.15, 0.2) is 0 Å². The molecule has 3 nitrogen and oxygen atoms in total. The molecule has 1 aromatic carbocycles. The van der Waals surface area contributed by atoms with Gasteiger partial charge in [-0.15, -0.1) is 0 Å². The number of anilines is 1. The predicted octanol–water partition coefficient (Wildman–Crippen LogP) is 3.04. The van der Waals surface area contributed by atoms with E-state index >= 15 is 0 Å². The molecule has 0 aliphatic carbocycles. The number of carboxylic acids is 1. The third-order valence-electron chi connectivity index (χ3n) is 2.74. The van der Waals surface area contributed by atoms with Crippen LogP contribution in [0, 0.1) is 0 Å². The van der Waals surface area contributed by atoms with Crippen LogP contribution in [-0.4, -0.2) is 17.6 Å². The lowest BCUT2D eigenvalue weighted by Gasteiger charge is -2.20. The quantitative estimate of drug-likeness (QED) is 0.768. The summed E-state index contributed by atoms with van der Waals surface area (Å²) in [7, 11) is 0. The maximum Gasteiger partial charge on any atom is 0.313 e. The Bertz CT molecular complexity index is 418. The number of carbonyl (C=O) groups is 1. The second-order valence-electron chi connectivity index (χ2n) is 4.82. The third kappa shape index (κ3) is 3.34. The van der Waals surface area contributed by atoms with Crippen molar-refractivity contribution in [3.63, 3.8) is 0 Å². The van der Waals surface area contributed by atoms with Gasteiger partial charge in [0.1, 0.15) is 0 Å². The molecule has 0 saturated heterocycles. The van der Waals surface area contributed by atoms with Crippen molar-refractivity contribution >= 4 is 11.7 Å². The first-order valence-corrected chi connectivity index (χ1v) is 5.56. The van der Waals surface area contributed by atoms with E-state index in [2.05, 4.69) is 11.9 Å². The van der Waals surface area contributed by atoms with Crippen molar-refractivity contribution in [1.29, 1.82) is 0 Å². The summed E-state index contributed by atoms with van der Waals surface area (Å²) in [5.74, 6) is -0.819. The van der Waals surface area contributed by atoms with Gasteiger partial charge in [-0.25, -0.2) is 0 Å². The second kappa shape index (κ2) is 5.04. The Hall–Kier alpha value is -1.77. The first-order valence-electron chi connectivity index (χ1n) is 5.56. The summed E-state index contributed by atoms with van der Waals surface area (Å²) < 4.78 is 0. The molecular formula is C14H19NO2. The van der Waals surface area contributed by atoms with E-state index in [0.29, 0.717) is 0 Å². The van der Waals surface area contributed by atoms with Gasteiger partial charge >= 0.3 is 5.97 Å². The maximum atomic E-state index is 11.1. The Labute approximate surface area is 102 Å². The molecule has 0 unspecified atom stereocenters. The minimum Gasteiger partial charge on any atom is -0.481 e. The molecule has 0 atom stereocenters. The summed E-state index contributed by atoms with van der Waals surface area (Å²) in [6.07, 6.45) is 0. The van der Waals surface area contributed by atoms with E-state index in [4.69, 9.17) is 5.11 Å². The zero-order valence-electron chi connectivity index (χ0n) is 10.6. The molecule has 0 saturated carbocycles. The lowest BCUT2D eigenvalue weighted by atomic mass is 9.85. The van der Waals surface area contributed by atoms with Crippen LogP contribution >= 0.6 is 0 Å². The summed E-state index contributed by atoms with van der Waals surface area (Å²) in [6, 6.07) is 7.47. The minimum atomic E-state index is -0.854. The van der Waals surface area contributed by atoms with Crippen LogP contribution in [0.5, 0.6) is 0 Å². The van der Waals surface area contributed by atoms with Gasteiger partial charge in [-0.3, -0.25) is 4.79 Å². The van der Waals surface area contributed by atoms with Crippen LogP contribution in [0.25, 0.3) is 0 Å². The van der Waals surface area contributed by atoms with Gasteiger partial charge < -0.3 is 10.4 Å². The molecule has 0 radical (unpaired) electrons. The zero-order chi connectivity index (χ0) is 13.1. The average molecular weight is 233 g/mol. The number of hydrogen-bond donors (Lipinski definition) is 2. The number of nitrogens with one attached hydrogen (secondary N) is 1. The molecule has 3 heteroatoms. The Morgan fingerprint density at radius 3 is 2.29 bits per heavy atom. The summed E-state index contributed by atoms with van der Waals surface area (Å²) in [4.78, 5) is 11.1. The van der Waals surface area contributed by atoms with Crippen molar-refractivity contribution in [3.05, 3.63) is 42.0 Å². The largest absolute Gasteiger partial charge is 0.481 e. The van der Waals surface area contributed by atoms with Crippen LogP contribution in [0.1, 0.15) is 26.3 Å². The zero-order valence-corrected chi connectivity index (χ0v) is 10.6. The normalized spacial score (nSPS) is 11.0. The van der Waals surface area contributed by atoms with E-state index in [1.165, 1.54) is 0 Å². The number of aliphatic carboxylic acids is 1. The molecular weight excluding hydrogens is 214 g/mol.